The fraction of sp³-hybridized carbons (Fsp3) is 0.222. The Kier molecular flexibility index (Phi) is 7.11. The van der Waals surface area contributed by atoms with Crippen LogP contribution in [-0.2, 0) is 14.3 Å². The van der Waals surface area contributed by atoms with Crippen LogP contribution in [0.15, 0.2) is 53.0 Å². The molecule has 0 bridgehead atoms. The van der Waals surface area contributed by atoms with Gasteiger partial charge in [-0.1, -0.05) is 28.1 Å². The molecule has 1 amide bonds. The maximum Gasteiger partial charge on any atom is 0.348 e. The van der Waals surface area contributed by atoms with E-state index in [1.54, 1.807) is 24.3 Å². The lowest BCUT2D eigenvalue weighted by Gasteiger charge is -2.19. The molecule has 6 nitrogen and oxygen atoms in total. The summed E-state index contributed by atoms with van der Waals surface area (Å²) < 4.78 is 24.0. The number of rotatable bonds is 7. The summed E-state index contributed by atoms with van der Waals surface area (Å²) in [5, 5.41) is 12.4. The maximum absolute atomic E-state index is 12.9. The number of nitrogens with one attached hydrogen (secondary N) is 1. The molecule has 2 N–H and O–H groups in total. The summed E-state index contributed by atoms with van der Waals surface area (Å²) in [5.74, 6) is -1.48. The van der Waals surface area contributed by atoms with Crippen molar-refractivity contribution >= 4 is 27.8 Å². The summed E-state index contributed by atoms with van der Waals surface area (Å²) in [6.45, 7) is -0.209. The number of amides is 1. The van der Waals surface area contributed by atoms with E-state index >= 15 is 0 Å². The molecule has 2 unspecified atom stereocenters. The van der Waals surface area contributed by atoms with E-state index in [9.17, 15) is 19.1 Å². The van der Waals surface area contributed by atoms with Crippen molar-refractivity contribution in [2.24, 2.45) is 0 Å². The topological polar surface area (TPSA) is 84.9 Å². The zero-order valence-corrected chi connectivity index (χ0v) is 15.4. The van der Waals surface area contributed by atoms with E-state index in [1.165, 1.54) is 19.2 Å². The van der Waals surface area contributed by atoms with Gasteiger partial charge >= 0.3 is 5.97 Å². The Morgan fingerprint density at radius 1 is 1.15 bits per heavy atom. The number of hydrogen-bond donors (Lipinski definition) is 2. The van der Waals surface area contributed by atoms with Crippen molar-refractivity contribution in [1.29, 1.82) is 0 Å². The van der Waals surface area contributed by atoms with Crippen LogP contribution in [0.3, 0.4) is 0 Å². The standard InChI is InChI=1S/C18H17BrFNO5/c1-25-18(24)15(26-14-8-4-12(19)5-9-14)10-21-17(23)16(22)11-2-6-13(20)7-3-11/h2-9,15-16,22H,10H2,1H3,(H,21,23). The molecule has 0 radical (unpaired) electrons. The SMILES string of the molecule is COC(=O)C(CNC(=O)C(O)c1ccc(F)cc1)Oc1ccc(Br)cc1. The van der Waals surface area contributed by atoms with Crippen LogP contribution in [0.2, 0.25) is 0 Å². The van der Waals surface area contributed by atoms with Crippen molar-refractivity contribution in [3.63, 3.8) is 0 Å². The molecule has 0 fully saturated rings. The van der Waals surface area contributed by atoms with Gasteiger partial charge in [-0.2, -0.15) is 0 Å². The van der Waals surface area contributed by atoms with Gasteiger partial charge in [-0.25, -0.2) is 9.18 Å². The Balaban J connectivity index is 1.99. The van der Waals surface area contributed by atoms with Gasteiger partial charge in [0.1, 0.15) is 11.6 Å². The third-order valence-corrected chi connectivity index (χ3v) is 3.98. The zero-order chi connectivity index (χ0) is 19.1. The van der Waals surface area contributed by atoms with Gasteiger partial charge in [0.25, 0.3) is 5.91 Å². The van der Waals surface area contributed by atoms with Crippen molar-refractivity contribution in [2.75, 3.05) is 13.7 Å². The molecule has 26 heavy (non-hydrogen) atoms. The molecule has 8 heteroatoms. The van der Waals surface area contributed by atoms with Gasteiger partial charge in [0.2, 0.25) is 6.10 Å². The number of halogens is 2. The Bertz CT molecular complexity index is 751. The summed E-state index contributed by atoms with van der Waals surface area (Å²) >= 11 is 3.29. The quantitative estimate of drug-likeness (QED) is 0.665. The maximum atomic E-state index is 12.9. The molecule has 0 saturated heterocycles. The first-order valence-corrected chi connectivity index (χ1v) is 8.41. The minimum Gasteiger partial charge on any atom is -0.477 e. The summed E-state index contributed by atoms with van der Waals surface area (Å²) in [4.78, 5) is 23.9. The number of carbonyl (C=O) groups excluding carboxylic acids is 2. The van der Waals surface area contributed by atoms with Crippen molar-refractivity contribution in [3.05, 3.63) is 64.4 Å². The van der Waals surface area contributed by atoms with Gasteiger partial charge < -0.3 is 19.9 Å². The van der Waals surface area contributed by atoms with Crippen LogP contribution in [0.25, 0.3) is 0 Å². The average Bonchev–Trinajstić information content (AvgIpc) is 2.65. The highest BCUT2D eigenvalue weighted by Gasteiger charge is 2.24. The van der Waals surface area contributed by atoms with Gasteiger partial charge in [0.15, 0.2) is 6.10 Å². The predicted molar refractivity (Wildman–Crippen MR) is 94.9 cm³/mol. The lowest BCUT2D eigenvalue weighted by molar-refractivity contribution is -0.149. The lowest BCUT2D eigenvalue weighted by Crippen LogP contribution is -2.42. The highest BCUT2D eigenvalue weighted by atomic mass is 79.9. The van der Waals surface area contributed by atoms with E-state index in [4.69, 9.17) is 4.74 Å². The second-order valence-corrected chi connectivity index (χ2v) is 6.20. The molecule has 0 heterocycles. The van der Waals surface area contributed by atoms with Gasteiger partial charge in [-0.15, -0.1) is 0 Å². The van der Waals surface area contributed by atoms with E-state index in [-0.39, 0.29) is 12.1 Å². The van der Waals surface area contributed by atoms with E-state index < -0.39 is 29.9 Å². The van der Waals surface area contributed by atoms with Crippen LogP contribution >= 0.6 is 15.9 Å². The second-order valence-electron chi connectivity index (χ2n) is 5.28. The number of ether oxygens (including phenoxy) is 2. The van der Waals surface area contributed by atoms with Crippen molar-refractivity contribution in [3.8, 4) is 5.75 Å². The Morgan fingerprint density at radius 3 is 2.35 bits per heavy atom. The molecular formula is C18H17BrFNO5. The molecule has 0 aliphatic carbocycles. The number of benzene rings is 2. The summed E-state index contributed by atoms with van der Waals surface area (Å²) in [7, 11) is 1.20. The largest absolute Gasteiger partial charge is 0.477 e. The summed E-state index contributed by atoms with van der Waals surface area (Å²) in [6.07, 6.45) is -2.59. The first-order valence-electron chi connectivity index (χ1n) is 7.62. The van der Waals surface area contributed by atoms with Crippen LogP contribution in [0.5, 0.6) is 5.75 Å². The Hall–Kier alpha value is -2.45. The molecule has 2 aromatic rings. The molecule has 0 aliphatic rings. The fourth-order valence-electron chi connectivity index (χ4n) is 2.07. The lowest BCUT2D eigenvalue weighted by atomic mass is 10.1. The van der Waals surface area contributed by atoms with Crippen LogP contribution in [-0.4, -0.2) is 36.7 Å². The zero-order valence-electron chi connectivity index (χ0n) is 13.8. The molecule has 0 aromatic heterocycles. The van der Waals surface area contributed by atoms with Gasteiger partial charge in [0, 0.05) is 4.47 Å². The minimum atomic E-state index is -1.50. The van der Waals surface area contributed by atoms with Gasteiger partial charge in [0.05, 0.1) is 13.7 Å². The van der Waals surface area contributed by atoms with Gasteiger partial charge in [-0.05, 0) is 42.0 Å². The molecule has 0 saturated carbocycles. The molecule has 2 rings (SSSR count). The molecule has 2 atom stereocenters. The Labute approximate surface area is 158 Å². The summed E-state index contributed by atoms with van der Waals surface area (Å²) in [5.41, 5.74) is 0.229. The fourth-order valence-corrected chi connectivity index (χ4v) is 2.33. The van der Waals surface area contributed by atoms with E-state index in [0.29, 0.717) is 5.75 Å². The molecule has 0 aliphatic heterocycles. The number of esters is 1. The first kappa shape index (κ1) is 19.9. The van der Waals surface area contributed by atoms with Crippen molar-refractivity contribution in [2.45, 2.75) is 12.2 Å². The van der Waals surface area contributed by atoms with Crippen LogP contribution < -0.4 is 10.1 Å². The van der Waals surface area contributed by atoms with E-state index in [1.807, 2.05) is 0 Å². The van der Waals surface area contributed by atoms with Crippen LogP contribution in [0, 0.1) is 5.82 Å². The van der Waals surface area contributed by atoms with E-state index in [0.717, 1.165) is 16.6 Å². The molecular weight excluding hydrogens is 409 g/mol. The highest BCUT2D eigenvalue weighted by Crippen LogP contribution is 2.18. The predicted octanol–water partition coefficient (Wildman–Crippen LogP) is 2.36. The third-order valence-electron chi connectivity index (χ3n) is 3.45. The second kappa shape index (κ2) is 9.30. The van der Waals surface area contributed by atoms with Crippen LogP contribution in [0.1, 0.15) is 11.7 Å². The van der Waals surface area contributed by atoms with E-state index in [2.05, 4.69) is 26.0 Å². The smallest absolute Gasteiger partial charge is 0.348 e. The van der Waals surface area contributed by atoms with Crippen molar-refractivity contribution < 1.29 is 28.6 Å². The monoisotopic (exact) mass is 425 g/mol. The van der Waals surface area contributed by atoms with Crippen molar-refractivity contribution in [1.82, 2.24) is 5.32 Å². The third kappa shape index (κ3) is 5.53. The molecule has 0 spiro atoms. The Morgan fingerprint density at radius 2 is 1.77 bits per heavy atom. The molecule has 138 valence electrons. The number of aliphatic hydroxyl groups excluding tert-OH is 1. The summed E-state index contributed by atoms with van der Waals surface area (Å²) in [6, 6.07) is 11.6. The highest BCUT2D eigenvalue weighted by molar-refractivity contribution is 9.10. The normalized spacial score (nSPS) is 12.8. The molecule has 2 aromatic carbocycles. The number of carbonyl (C=O) groups is 2. The number of methoxy groups -OCH3 is 1. The minimum absolute atomic E-state index is 0.209. The first-order chi connectivity index (χ1) is 12.4. The van der Waals surface area contributed by atoms with Crippen LogP contribution in [0.4, 0.5) is 4.39 Å². The van der Waals surface area contributed by atoms with Gasteiger partial charge in [-0.3, -0.25) is 4.79 Å². The number of aliphatic hydroxyl groups is 1. The average molecular weight is 426 g/mol. The number of hydrogen-bond acceptors (Lipinski definition) is 5.